The Balaban J connectivity index is 1.86. The number of nitrogens with one attached hydrogen (secondary N) is 1. The first-order valence-corrected chi connectivity index (χ1v) is 10.2. The average Bonchev–Trinajstić information content (AvgIpc) is 3.13. The van der Waals surface area contributed by atoms with E-state index in [1.54, 1.807) is 35.4 Å². The molecule has 2 aromatic carbocycles. The van der Waals surface area contributed by atoms with Crippen LogP contribution in [0.1, 0.15) is 21.7 Å². The number of hydrogen-bond acceptors (Lipinski definition) is 4. The molecule has 0 unspecified atom stereocenters. The van der Waals surface area contributed by atoms with Crippen molar-refractivity contribution in [3.63, 3.8) is 0 Å². The first-order chi connectivity index (χ1) is 12.9. The summed E-state index contributed by atoms with van der Waals surface area (Å²) in [6.07, 6.45) is 2.64. The molecule has 0 aliphatic rings. The molecule has 0 saturated carbocycles. The Morgan fingerprint density at radius 3 is 2.44 bits per heavy atom. The maximum atomic E-state index is 13.1. The van der Waals surface area contributed by atoms with Crippen LogP contribution in [0.25, 0.3) is 0 Å². The fraction of sp³-hybridized carbons (Fsp3) is 0.150. The summed E-state index contributed by atoms with van der Waals surface area (Å²) in [5.74, 6) is 0.456. The number of carbonyl (C=O) groups is 1. The van der Waals surface area contributed by atoms with Crippen LogP contribution < -0.4 is 4.72 Å². The minimum atomic E-state index is -3.42. The first kappa shape index (κ1) is 18.7. The molecule has 1 N–H and O–H groups in total. The zero-order valence-corrected chi connectivity index (χ0v) is 15.6. The number of furan rings is 1. The Labute approximate surface area is 158 Å². The molecule has 0 radical (unpaired) electrons. The molecular weight excluding hydrogens is 364 g/mol. The van der Waals surface area contributed by atoms with E-state index in [2.05, 4.69) is 4.72 Å². The van der Waals surface area contributed by atoms with Crippen LogP contribution in [-0.4, -0.2) is 25.5 Å². The van der Waals surface area contributed by atoms with E-state index in [1.165, 1.54) is 6.07 Å². The summed E-state index contributed by atoms with van der Waals surface area (Å²) < 4.78 is 30.7. The summed E-state index contributed by atoms with van der Waals surface area (Å²) in [7, 11) is -3.42. The predicted octanol–water partition coefficient (Wildman–Crippen LogP) is 3.49. The monoisotopic (exact) mass is 384 g/mol. The van der Waals surface area contributed by atoms with Gasteiger partial charge < -0.3 is 9.32 Å². The summed E-state index contributed by atoms with van der Waals surface area (Å²) in [5, 5.41) is 0. The highest BCUT2D eigenvalue weighted by Crippen LogP contribution is 2.18. The number of benzene rings is 2. The summed E-state index contributed by atoms with van der Waals surface area (Å²) in [5.41, 5.74) is 1.73. The first-order valence-electron chi connectivity index (χ1n) is 8.34. The van der Waals surface area contributed by atoms with Crippen molar-refractivity contribution in [1.29, 1.82) is 0 Å². The second kappa shape index (κ2) is 8.09. The minimum Gasteiger partial charge on any atom is -0.467 e. The van der Waals surface area contributed by atoms with Gasteiger partial charge >= 0.3 is 0 Å². The molecule has 7 heteroatoms. The third-order valence-electron chi connectivity index (χ3n) is 3.84. The van der Waals surface area contributed by atoms with E-state index < -0.39 is 10.0 Å². The molecule has 0 aliphatic carbocycles. The summed E-state index contributed by atoms with van der Waals surface area (Å²) in [6, 6.07) is 19.7. The van der Waals surface area contributed by atoms with Crippen LogP contribution in [0, 0.1) is 0 Å². The molecular formula is C20H20N2O4S. The van der Waals surface area contributed by atoms with E-state index in [0.29, 0.717) is 30.1 Å². The van der Waals surface area contributed by atoms with E-state index in [0.717, 1.165) is 11.8 Å². The second-order valence-electron chi connectivity index (χ2n) is 6.18. The van der Waals surface area contributed by atoms with Crippen molar-refractivity contribution in [1.82, 2.24) is 4.90 Å². The Kier molecular flexibility index (Phi) is 5.61. The summed E-state index contributed by atoms with van der Waals surface area (Å²) in [6.45, 7) is 0.717. The van der Waals surface area contributed by atoms with Gasteiger partial charge in [0.1, 0.15) is 5.76 Å². The van der Waals surface area contributed by atoms with Crippen LogP contribution in [0.3, 0.4) is 0 Å². The molecule has 3 aromatic rings. The lowest BCUT2D eigenvalue weighted by Crippen LogP contribution is -2.30. The highest BCUT2D eigenvalue weighted by molar-refractivity contribution is 7.92. The SMILES string of the molecule is CS(=O)(=O)Nc1cccc(C(=O)N(Cc2ccccc2)Cc2ccco2)c1. The number of amides is 1. The average molecular weight is 384 g/mol. The van der Waals surface area contributed by atoms with Crippen molar-refractivity contribution in [2.75, 3.05) is 11.0 Å². The third-order valence-corrected chi connectivity index (χ3v) is 4.45. The van der Waals surface area contributed by atoms with Crippen LogP contribution in [0.5, 0.6) is 0 Å². The maximum absolute atomic E-state index is 13.1. The van der Waals surface area contributed by atoms with Gasteiger partial charge in [0.25, 0.3) is 5.91 Å². The van der Waals surface area contributed by atoms with Gasteiger partial charge in [-0.1, -0.05) is 36.4 Å². The van der Waals surface area contributed by atoms with Gasteiger partial charge in [0.15, 0.2) is 0 Å². The van der Waals surface area contributed by atoms with Gasteiger partial charge in [-0.15, -0.1) is 0 Å². The topological polar surface area (TPSA) is 79.6 Å². The van der Waals surface area contributed by atoms with Gasteiger partial charge in [-0.25, -0.2) is 8.42 Å². The molecule has 1 heterocycles. The van der Waals surface area contributed by atoms with Gasteiger partial charge in [0.2, 0.25) is 10.0 Å². The molecule has 0 spiro atoms. The van der Waals surface area contributed by atoms with Crippen molar-refractivity contribution in [2.45, 2.75) is 13.1 Å². The Morgan fingerprint density at radius 1 is 1.00 bits per heavy atom. The summed E-state index contributed by atoms with van der Waals surface area (Å²) in [4.78, 5) is 14.8. The number of hydrogen-bond donors (Lipinski definition) is 1. The normalized spacial score (nSPS) is 11.1. The Morgan fingerprint density at radius 2 is 1.78 bits per heavy atom. The molecule has 0 bridgehead atoms. The van der Waals surface area contributed by atoms with Gasteiger partial charge in [-0.05, 0) is 35.9 Å². The van der Waals surface area contributed by atoms with Gasteiger partial charge in [0.05, 0.1) is 19.1 Å². The molecule has 0 saturated heterocycles. The highest BCUT2D eigenvalue weighted by atomic mass is 32.2. The standard InChI is InChI=1S/C20H20N2O4S/c1-27(24,25)21-18-10-5-9-17(13-18)20(23)22(15-19-11-6-12-26-19)14-16-7-3-2-4-8-16/h2-13,21H,14-15H2,1H3. The number of rotatable bonds is 7. The van der Waals surface area contributed by atoms with Crippen molar-refractivity contribution < 1.29 is 17.6 Å². The molecule has 1 amide bonds. The van der Waals surface area contributed by atoms with Gasteiger partial charge in [-0.2, -0.15) is 0 Å². The van der Waals surface area contributed by atoms with E-state index in [9.17, 15) is 13.2 Å². The van der Waals surface area contributed by atoms with Crippen LogP contribution in [0.15, 0.2) is 77.4 Å². The van der Waals surface area contributed by atoms with Crippen LogP contribution in [0.4, 0.5) is 5.69 Å². The number of sulfonamides is 1. The van der Waals surface area contributed by atoms with Gasteiger partial charge in [0, 0.05) is 17.8 Å². The molecule has 140 valence electrons. The van der Waals surface area contributed by atoms with E-state index in [1.807, 2.05) is 36.4 Å². The molecule has 6 nitrogen and oxygen atoms in total. The zero-order valence-electron chi connectivity index (χ0n) is 14.8. The fourth-order valence-corrected chi connectivity index (χ4v) is 3.26. The Hall–Kier alpha value is -3.06. The van der Waals surface area contributed by atoms with Crippen molar-refractivity contribution in [2.24, 2.45) is 0 Å². The highest BCUT2D eigenvalue weighted by Gasteiger charge is 2.18. The van der Waals surface area contributed by atoms with Crippen LogP contribution in [0.2, 0.25) is 0 Å². The van der Waals surface area contributed by atoms with E-state index in [-0.39, 0.29) is 5.91 Å². The smallest absolute Gasteiger partial charge is 0.254 e. The molecule has 1 aromatic heterocycles. The largest absolute Gasteiger partial charge is 0.467 e. The maximum Gasteiger partial charge on any atom is 0.254 e. The lowest BCUT2D eigenvalue weighted by molar-refractivity contribution is 0.0717. The second-order valence-corrected chi connectivity index (χ2v) is 7.93. The van der Waals surface area contributed by atoms with Crippen LogP contribution >= 0.6 is 0 Å². The lowest BCUT2D eigenvalue weighted by atomic mass is 10.1. The van der Waals surface area contributed by atoms with E-state index >= 15 is 0 Å². The third kappa shape index (κ3) is 5.46. The quantitative estimate of drug-likeness (QED) is 0.676. The lowest BCUT2D eigenvalue weighted by Gasteiger charge is -2.22. The number of nitrogens with zero attached hydrogens (tertiary/aromatic N) is 1. The zero-order chi connectivity index (χ0) is 19.3. The fourth-order valence-electron chi connectivity index (χ4n) is 2.71. The van der Waals surface area contributed by atoms with Crippen molar-refractivity contribution >= 4 is 21.6 Å². The summed E-state index contributed by atoms with van der Waals surface area (Å²) >= 11 is 0. The Bertz CT molecular complexity index is 999. The molecule has 3 rings (SSSR count). The number of anilines is 1. The predicted molar refractivity (Wildman–Crippen MR) is 104 cm³/mol. The number of carbonyl (C=O) groups excluding carboxylic acids is 1. The van der Waals surface area contributed by atoms with Crippen molar-refractivity contribution in [3.8, 4) is 0 Å². The van der Waals surface area contributed by atoms with Crippen molar-refractivity contribution in [3.05, 3.63) is 89.9 Å². The van der Waals surface area contributed by atoms with Crippen LogP contribution in [-0.2, 0) is 23.1 Å². The minimum absolute atomic E-state index is 0.215. The molecule has 0 aliphatic heterocycles. The molecule has 0 atom stereocenters. The molecule has 0 fully saturated rings. The molecule has 27 heavy (non-hydrogen) atoms. The van der Waals surface area contributed by atoms with Gasteiger partial charge in [-0.3, -0.25) is 9.52 Å². The van der Waals surface area contributed by atoms with E-state index in [4.69, 9.17) is 4.42 Å².